The van der Waals surface area contributed by atoms with Gasteiger partial charge in [0.2, 0.25) is 0 Å². The third-order valence-corrected chi connectivity index (χ3v) is 3.09. The van der Waals surface area contributed by atoms with Crippen molar-refractivity contribution in [3.05, 3.63) is 59.2 Å². The van der Waals surface area contributed by atoms with Crippen LogP contribution in [0, 0.1) is 11.6 Å². The number of carbonyl (C=O) groups is 2. The Bertz CT molecular complexity index is 741. The number of hydrogen-bond acceptors (Lipinski definition) is 4. The van der Waals surface area contributed by atoms with Gasteiger partial charge < -0.3 is 9.47 Å². The van der Waals surface area contributed by atoms with E-state index in [4.69, 9.17) is 0 Å². The van der Waals surface area contributed by atoms with Gasteiger partial charge in [-0.2, -0.15) is 0 Å². The molecule has 0 N–H and O–H groups in total. The zero-order valence-corrected chi connectivity index (χ0v) is 11.9. The minimum Gasteiger partial charge on any atom is -0.465 e. The van der Waals surface area contributed by atoms with Gasteiger partial charge in [-0.3, -0.25) is 0 Å². The molecule has 0 aliphatic heterocycles. The largest absolute Gasteiger partial charge is 0.465 e. The zero-order valence-electron chi connectivity index (χ0n) is 11.9. The minimum atomic E-state index is -0.871. The van der Waals surface area contributed by atoms with E-state index in [1.807, 2.05) is 0 Å². The second kappa shape index (κ2) is 6.34. The molecule has 6 heteroatoms. The van der Waals surface area contributed by atoms with Crippen LogP contribution < -0.4 is 0 Å². The van der Waals surface area contributed by atoms with Crippen molar-refractivity contribution in [3.8, 4) is 11.1 Å². The van der Waals surface area contributed by atoms with E-state index >= 15 is 0 Å². The van der Waals surface area contributed by atoms with Gasteiger partial charge in [-0.05, 0) is 23.8 Å². The molecular weight excluding hydrogens is 294 g/mol. The van der Waals surface area contributed by atoms with Crippen LogP contribution in [0.1, 0.15) is 20.7 Å². The molecule has 2 rings (SSSR count). The molecule has 0 radical (unpaired) electrons. The number of esters is 2. The maximum absolute atomic E-state index is 14.4. The fraction of sp³-hybridized carbons (Fsp3) is 0.125. The van der Waals surface area contributed by atoms with E-state index in [0.29, 0.717) is 0 Å². The van der Waals surface area contributed by atoms with E-state index in [9.17, 15) is 18.4 Å². The molecular formula is C16H12F2O4. The molecule has 0 aliphatic rings. The van der Waals surface area contributed by atoms with Gasteiger partial charge in [0.05, 0.1) is 25.3 Å². The van der Waals surface area contributed by atoms with Crippen LogP contribution in [0.5, 0.6) is 0 Å². The first-order chi connectivity index (χ1) is 10.5. The average Bonchev–Trinajstić information content (AvgIpc) is 2.54. The Morgan fingerprint density at radius 1 is 0.909 bits per heavy atom. The van der Waals surface area contributed by atoms with Crippen molar-refractivity contribution in [1.82, 2.24) is 0 Å². The zero-order chi connectivity index (χ0) is 16.3. The van der Waals surface area contributed by atoms with Crippen LogP contribution in [0.2, 0.25) is 0 Å². The molecule has 22 heavy (non-hydrogen) atoms. The van der Waals surface area contributed by atoms with Gasteiger partial charge in [0.25, 0.3) is 0 Å². The van der Waals surface area contributed by atoms with Crippen LogP contribution in [0.3, 0.4) is 0 Å². The maximum atomic E-state index is 14.4. The highest BCUT2D eigenvalue weighted by molar-refractivity contribution is 5.93. The second-order valence-corrected chi connectivity index (χ2v) is 4.34. The van der Waals surface area contributed by atoms with Crippen LogP contribution >= 0.6 is 0 Å². The molecule has 0 aliphatic carbocycles. The summed E-state index contributed by atoms with van der Waals surface area (Å²) in [6.07, 6.45) is 0. The number of rotatable bonds is 3. The van der Waals surface area contributed by atoms with E-state index in [2.05, 4.69) is 9.47 Å². The summed E-state index contributed by atoms with van der Waals surface area (Å²) >= 11 is 0. The predicted molar refractivity (Wildman–Crippen MR) is 74.5 cm³/mol. The molecule has 0 amide bonds. The van der Waals surface area contributed by atoms with E-state index in [-0.39, 0.29) is 22.3 Å². The van der Waals surface area contributed by atoms with E-state index in [1.165, 1.54) is 30.3 Å². The van der Waals surface area contributed by atoms with Crippen molar-refractivity contribution in [1.29, 1.82) is 0 Å². The van der Waals surface area contributed by atoms with Crippen molar-refractivity contribution < 1.29 is 27.8 Å². The van der Waals surface area contributed by atoms with Crippen molar-refractivity contribution in [2.45, 2.75) is 0 Å². The summed E-state index contributed by atoms with van der Waals surface area (Å²) in [6.45, 7) is 0. The first kappa shape index (κ1) is 15.6. The molecule has 0 atom stereocenters. The molecule has 0 saturated heterocycles. The van der Waals surface area contributed by atoms with Gasteiger partial charge >= 0.3 is 11.9 Å². The summed E-state index contributed by atoms with van der Waals surface area (Å²) < 4.78 is 37.0. The minimum absolute atomic E-state index is 0.0491. The van der Waals surface area contributed by atoms with Gasteiger partial charge in [0.1, 0.15) is 11.6 Å². The van der Waals surface area contributed by atoms with E-state index < -0.39 is 23.6 Å². The number of ether oxygens (including phenoxy) is 2. The number of hydrogen-bond donors (Lipinski definition) is 0. The van der Waals surface area contributed by atoms with Crippen molar-refractivity contribution >= 4 is 11.9 Å². The van der Waals surface area contributed by atoms with Gasteiger partial charge in [-0.15, -0.1) is 0 Å². The van der Waals surface area contributed by atoms with E-state index in [1.54, 1.807) is 0 Å². The monoisotopic (exact) mass is 306 g/mol. The molecule has 2 aromatic carbocycles. The Hall–Kier alpha value is -2.76. The molecule has 0 unspecified atom stereocenters. The van der Waals surface area contributed by atoms with Crippen molar-refractivity contribution in [3.63, 3.8) is 0 Å². The molecule has 114 valence electrons. The molecule has 0 aromatic heterocycles. The van der Waals surface area contributed by atoms with Gasteiger partial charge in [0.15, 0.2) is 0 Å². The molecule has 0 saturated carbocycles. The summed E-state index contributed by atoms with van der Waals surface area (Å²) in [6, 6.07) is 7.66. The SMILES string of the molecule is COC(=O)c1cc(-c2cccc(C(=O)OC)c2F)ccc1F. The Kier molecular flexibility index (Phi) is 4.50. The second-order valence-electron chi connectivity index (χ2n) is 4.34. The van der Waals surface area contributed by atoms with Crippen LogP contribution in [-0.4, -0.2) is 26.2 Å². The van der Waals surface area contributed by atoms with Gasteiger partial charge in [-0.25, -0.2) is 18.4 Å². The fourth-order valence-corrected chi connectivity index (χ4v) is 1.98. The first-order valence-corrected chi connectivity index (χ1v) is 6.24. The van der Waals surface area contributed by atoms with Crippen LogP contribution in [0.25, 0.3) is 11.1 Å². The molecule has 4 nitrogen and oxygen atoms in total. The lowest BCUT2D eigenvalue weighted by Crippen LogP contribution is -2.07. The van der Waals surface area contributed by atoms with Crippen LogP contribution in [-0.2, 0) is 9.47 Å². The Labute approximate surface area is 125 Å². The normalized spacial score (nSPS) is 10.2. The quantitative estimate of drug-likeness (QED) is 0.817. The fourth-order valence-electron chi connectivity index (χ4n) is 1.98. The van der Waals surface area contributed by atoms with Crippen LogP contribution in [0.15, 0.2) is 36.4 Å². The predicted octanol–water partition coefficient (Wildman–Crippen LogP) is 3.21. The molecule has 2 aromatic rings. The summed E-state index contributed by atoms with van der Waals surface area (Å²) in [4.78, 5) is 23.0. The standard InChI is InChI=1S/C16H12F2O4/c1-21-15(19)11-5-3-4-10(14(11)18)9-6-7-13(17)12(8-9)16(20)22-2/h3-8H,1-2H3. The maximum Gasteiger partial charge on any atom is 0.340 e. The third-order valence-electron chi connectivity index (χ3n) is 3.09. The van der Waals surface area contributed by atoms with Gasteiger partial charge in [-0.1, -0.05) is 18.2 Å². The third kappa shape index (κ3) is 2.81. The first-order valence-electron chi connectivity index (χ1n) is 6.24. The molecule has 0 bridgehead atoms. The lowest BCUT2D eigenvalue weighted by atomic mass is 10.00. The summed E-state index contributed by atoms with van der Waals surface area (Å²) in [5.41, 5.74) is -0.273. The summed E-state index contributed by atoms with van der Waals surface area (Å²) in [7, 11) is 2.26. The molecule has 0 fully saturated rings. The molecule has 0 heterocycles. The van der Waals surface area contributed by atoms with E-state index in [0.717, 1.165) is 20.3 Å². The number of carbonyl (C=O) groups excluding carboxylic acids is 2. The highest BCUT2D eigenvalue weighted by Gasteiger charge is 2.19. The average molecular weight is 306 g/mol. The van der Waals surface area contributed by atoms with Crippen molar-refractivity contribution in [2.24, 2.45) is 0 Å². The lowest BCUT2D eigenvalue weighted by molar-refractivity contribution is 0.0586. The van der Waals surface area contributed by atoms with Crippen LogP contribution in [0.4, 0.5) is 8.78 Å². The number of methoxy groups -OCH3 is 2. The summed E-state index contributed by atoms with van der Waals surface area (Å²) in [5, 5.41) is 0. The van der Waals surface area contributed by atoms with Crippen molar-refractivity contribution in [2.75, 3.05) is 14.2 Å². The van der Waals surface area contributed by atoms with Gasteiger partial charge in [0, 0.05) is 5.56 Å². The number of benzene rings is 2. The summed E-state index contributed by atoms with van der Waals surface area (Å²) in [5.74, 6) is -3.28. The lowest BCUT2D eigenvalue weighted by Gasteiger charge is -2.09. The highest BCUT2D eigenvalue weighted by atomic mass is 19.1. The smallest absolute Gasteiger partial charge is 0.340 e. The Balaban J connectivity index is 2.58. The molecule has 0 spiro atoms. The highest BCUT2D eigenvalue weighted by Crippen LogP contribution is 2.27. The number of halogens is 2. The Morgan fingerprint density at radius 2 is 1.55 bits per heavy atom. The topological polar surface area (TPSA) is 52.6 Å². The Morgan fingerprint density at radius 3 is 2.18 bits per heavy atom.